The van der Waals surface area contributed by atoms with Gasteiger partial charge in [-0.1, -0.05) is 28.0 Å². The topological polar surface area (TPSA) is 88.5 Å². The van der Waals surface area contributed by atoms with Gasteiger partial charge in [0.15, 0.2) is 5.82 Å². The number of nitrogens with zero attached hydrogens (tertiary/aromatic N) is 5. The summed E-state index contributed by atoms with van der Waals surface area (Å²) in [5, 5.41) is 8.15. The molecule has 0 bridgehead atoms. The molecule has 1 saturated heterocycles. The van der Waals surface area contributed by atoms with E-state index in [9.17, 15) is 9.18 Å². The Morgan fingerprint density at radius 3 is 2.68 bits per heavy atom. The predicted octanol–water partition coefficient (Wildman–Crippen LogP) is 3.79. The Kier molecular flexibility index (Phi) is 6.06. The third kappa shape index (κ3) is 4.33. The summed E-state index contributed by atoms with van der Waals surface area (Å²) in [4.78, 5) is 21.2. The van der Waals surface area contributed by atoms with Crippen molar-refractivity contribution in [1.29, 1.82) is 0 Å². The SMILES string of the molecule is Cc1ccc(F)c(C(=O)N2CCCN(Cc3noc(-c4c(C)noc4C)n3)CC2)c1Cl. The molecule has 0 radical (unpaired) electrons. The van der Waals surface area contributed by atoms with Crippen molar-refractivity contribution < 1.29 is 18.2 Å². The number of carbonyl (C=O) groups excluding carboxylic acids is 1. The fraction of sp³-hybridized carbons (Fsp3) is 0.429. The minimum atomic E-state index is -0.597. The molecule has 0 spiro atoms. The molecule has 1 fully saturated rings. The molecule has 3 heterocycles. The molecule has 8 nitrogen and oxygen atoms in total. The second kappa shape index (κ2) is 8.76. The summed E-state index contributed by atoms with van der Waals surface area (Å²) in [6.45, 7) is 8.18. The first-order valence-corrected chi connectivity index (χ1v) is 10.4. The van der Waals surface area contributed by atoms with Gasteiger partial charge in [0.2, 0.25) is 0 Å². The summed E-state index contributed by atoms with van der Waals surface area (Å²) in [5.41, 5.74) is 2.02. The Morgan fingerprint density at radius 1 is 1.13 bits per heavy atom. The summed E-state index contributed by atoms with van der Waals surface area (Å²) in [6, 6.07) is 2.85. The number of hydrogen-bond donors (Lipinski definition) is 0. The smallest absolute Gasteiger partial charge is 0.263 e. The predicted molar refractivity (Wildman–Crippen MR) is 111 cm³/mol. The van der Waals surface area contributed by atoms with Crippen LogP contribution in [-0.2, 0) is 6.54 Å². The van der Waals surface area contributed by atoms with Crippen LogP contribution in [0.5, 0.6) is 0 Å². The number of aryl methyl sites for hydroxylation is 3. The van der Waals surface area contributed by atoms with E-state index in [1.807, 2.05) is 6.92 Å². The van der Waals surface area contributed by atoms with Gasteiger partial charge in [-0.3, -0.25) is 9.69 Å². The lowest BCUT2D eigenvalue weighted by Crippen LogP contribution is -2.35. The largest absolute Gasteiger partial charge is 0.361 e. The number of amides is 1. The maximum Gasteiger partial charge on any atom is 0.263 e. The molecule has 2 aromatic heterocycles. The Bertz CT molecular complexity index is 1090. The first kappa shape index (κ1) is 21.5. The molecule has 1 amide bonds. The average Bonchev–Trinajstić information content (AvgIpc) is 3.23. The first-order valence-electron chi connectivity index (χ1n) is 10.1. The molecule has 31 heavy (non-hydrogen) atoms. The van der Waals surface area contributed by atoms with Crippen LogP contribution < -0.4 is 0 Å². The summed E-state index contributed by atoms with van der Waals surface area (Å²) < 4.78 is 24.8. The van der Waals surface area contributed by atoms with Crippen LogP contribution in [0.15, 0.2) is 21.2 Å². The monoisotopic (exact) mass is 447 g/mol. The zero-order valence-electron chi connectivity index (χ0n) is 17.6. The highest BCUT2D eigenvalue weighted by Crippen LogP contribution is 2.26. The van der Waals surface area contributed by atoms with Crippen LogP contribution in [0.4, 0.5) is 4.39 Å². The average molecular weight is 448 g/mol. The zero-order chi connectivity index (χ0) is 22.1. The second-order valence-electron chi connectivity index (χ2n) is 7.69. The van der Waals surface area contributed by atoms with Gasteiger partial charge in [0, 0.05) is 26.2 Å². The van der Waals surface area contributed by atoms with Gasteiger partial charge >= 0.3 is 0 Å². The van der Waals surface area contributed by atoms with Gasteiger partial charge in [-0.15, -0.1) is 0 Å². The van der Waals surface area contributed by atoms with E-state index < -0.39 is 5.82 Å². The highest BCUT2D eigenvalue weighted by atomic mass is 35.5. The maximum absolute atomic E-state index is 14.3. The van der Waals surface area contributed by atoms with Crippen molar-refractivity contribution in [2.24, 2.45) is 0 Å². The Balaban J connectivity index is 1.42. The van der Waals surface area contributed by atoms with Gasteiger partial charge in [-0.2, -0.15) is 4.98 Å². The normalized spacial score (nSPS) is 15.3. The summed E-state index contributed by atoms with van der Waals surface area (Å²) in [6.07, 6.45) is 0.741. The van der Waals surface area contributed by atoms with Gasteiger partial charge < -0.3 is 13.9 Å². The van der Waals surface area contributed by atoms with Gasteiger partial charge in [0.1, 0.15) is 17.1 Å². The standard InChI is InChI=1S/C21H23ClFN5O3/c1-12-5-6-15(23)18(19(12)22)21(29)28-8-4-7-27(9-10-28)11-16-24-20(31-26-16)17-13(2)25-30-14(17)3/h5-6H,4,7-11H2,1-3H3. The molecule has 4 rings (SSSR count). The van der Waals surface area contributed by atoms with Crippen LogP contribution in [0.1, 0.15) is 39.6 Å². The van der Waals surface area contributed by atoms with Crippen molar-refractivity contribution in [3.05, 3.63) is 51.4 Å². The highest BCUT2D eigenvalue weighted by Gasteiger charge is 2.26. The van der Waals surface area contributed by atoms with Crippen molar-refractivity contribution in [2.75, 3.05) is 26.2 Å². The van der Waals surface area contributed by atoms with E-state index in [4.69, 9.17) is 20.6 Å². The number of carbonyl (C=O) groups is 1. The quantitative estimate of drug-likeness (QED) is 0.601. The molecule has 3 aromatic rings. The highest BCUT2D eigenvalue weighted by molar-refractivity contribution is 6.34. The number of benzene rings is 1. The number of halogens is 2. The molecule has 164 valence electrons. The van der Waals surface area contributed by atoms with E-state index in [-0.39, 0.29) is 16.5 Å². The van der Waals surface area contributed by atoms with E-state index >= 15 is 0 Å². The Hall–Kier alpha value is -2.78. The van der Waals surface area contributed by atoms with E-state index in [1.165, 1.54) is 6.07 Å². The fourth-order valence-electron chi connectivity index (χ4n) is 3.75. The minimum absolute atomic E-state index is 0.0580. The molecule has 0 aliphatic carbocycles. The lowest BCUT2D eigenvalue weighted by atomic mass is 10.1. The molecule has 1 aliphatic heterocycles. The van der Waals surface area contributed by atoms with E-state index in [2.05, 4.69) is 20.2 Å². The summed E-state index contributed by atoms with van der Waals surface area (Å²) in [7, 11) is 0. The van der Waals surface area contributed by atoms with Gasteiger partial charge in [0.25, 0.3) is 11.8 Å². The lowest BCUT2D eigenvalue weighted by molar-refractivity contribution is 0.0756. The van der Waals surface area contributed by atoms with Crippen LogP contribution in [0.3, 0.4) is 0 Å². The van der Waals surface area contributed by atoms with E-state index in [0.29, 0.717) is 60.5 Å². The van der Waals surface area contributed by atoms with Crippen molar-refractivity contribution in [1.82, 2.24) is 25.1 Å². The van der Waals surface area contributed by atoms with Gasteiger partial charge in [-0.05, 0) is 38.8 Å². The van der Waals surface area contributed by atoms with Gasteiger partial charge in [-0.25, -0.2) is 4.39 Å². The second-order valence-corrected chi connectivity index (χ2v) is 8.07. The van der Waals surface area contributed by atoms with Crippen molar-refractivity contribution >= 4 is 17.5 Å². The third-order valence-corrected chi connectivity index (χ3v) is 5.94. The Morgan fingerprint density at radius 2 is 1.94 bits per heavy atom. The van der Waals surface area contributed by atoms with E-state index in [1.54, 1.807) is 24.8 Å². The minimum Gasteiger partial charge on any atom is -0.361 e. The molecule has 0 atom stereocenters. The molecular formula is C21H23ClFN5O3. The van der Waals surface area contributed by atoms with Crippen LogP contribution in [-0.4, -0.2) is 57.2 Å². The van der Waals surface area contributed by atoms with Crippen molar-refractivity contribution in [2.45, 2.75) is 33.7 Å². The van der Waals surface area contributed by atoms with Crippen LogP contribution in [0, 0.1) is 26.6 Å². The van der Waals surface area contributed by atoms with Crippen molar-refractivity contribution in [3.8, 4) is 11.5 Å². The zero-order valence-corrected chi connectivity index (χ0v) is 18.4. The third-order valence-electron chi connectivity index (χ3n) is 5.45. The maximum atomic E-state index is 14.3. The first-order chi connectivity index (χ1) is 14.8. The molecular weight excluding hydrogens is 425 g/mol. The Labute approximate surface area is 183 Å². The van der Waals surface area contributed by atoms with E-state index in [0.717, 1.165) is 13.0 Å². The molecule has 1 aromatic carbocycles. The van der Waals surface area contributed by atoms with Crippen LogP contribution >= 0.6 is 11.6 Å². The molecule has 0 N–H and O–H groups in total. The summed E-state index contributed by atoms with van der Waals surface area (Å²) >= 11 is 6.22. The fourth-order valence-corrected chi connectivity index (χ4v) is 3.99. The number of aromatic nitrogens is 3. The molecule has 0 saturated carbocycles. The molecule has 0 unspecified atom stereocenters. The summed E-state index contributed by atoms with van der Waals surface area (Å²) in [5.74, 6) is 0.567. The molecule has 1 aliphatic rings. The number of hydrogen-bond acceptors (Lipinski definition) is 7. The van der Waals surface area contributed by atoms with Gasteiger partial charge in [0.05, 0.1) is 22.8 Å². The van der Waals surface area contributed by atoms with Crippen LogP contribution in [0.25, 0.3) is 11.5 Å². The van der Waals surface area contributed by atoms with Crippen molar-refractivity contribution in [3.63, 3.8) is 0 Å². The van der Waals surface area contributed by atoms with Crippen LogP contribution in [0.2, 0.25) is 5.02 Å². The molecule has 10 heteroatoms. The lowest BCUT2D eigenvalue weighted by Gasteiger charge is -2.22. The number of rotatable bonds is 4.